The van der Waals surface area contributed by atoms with Crippen LogP contribution in [0, 0.1) is 0 Å². The first-order chi connectivity index (χ1) is 10.9. The van der Waals surface area contributed by atoms with Crippen LogP contribution in [0.4, 0.5) is 13.2 Å². The molecule has 0 unspecified atom stereocenters. The van der Waals surface area contributed by atoms with Gasteiger partial charge in [0.1, 0.15) is 11.3 Å². The van der Waals surface area contributed by atoms with E-state index in [0.29, 0.717) is 0 Å². The summed E-state index contributed by atoms with van der Waals surface area (Å²) in [7, 11) is 1.10. The van der Waals surface area contributed by atoms with Gasteiger partial charge in [0.25, 0.3) is 5.79 Å². The molecule has 0 amide bonds. The minimum atomic E-state index is -4.68. The van der Waals surface area contributed by atoms with Crippen LogP contribution in [-0.4, -0.2) is 24.8 Å². The predicted octanol–water partition coefficient (Wildman–Crippen LogP) is 3.70. The number of alkyl halides is 3. The number of ether oxygens (including phenoxy) is 3. The lowest BCUT2D eigenvalue weighted by atomic mass is 10.1. The molecule has 0 radical (unpaired) electrons. The maximum absolute atomic E-state index is 13.1. The molecular formula is C15H12BrF3O5. The van der Waals surface area contributed by atoms with E-state index >= 15 is 0 Å². The van der Waals surface area contributed by atoms with Crippen molar-refractivity contribution in [1.82, 2.24) is 0 Å². The summed E-state index contributed by atoms with van der Waals surface area (Å²) in [5.74, 6) is -3.78. The zero-order valence-electron chi connectivity index (χ0n) is 12.8. The van der Waals surface area contributed by atoms with Crippen molar-refractivity contribution in [3.63, 3.8) is 0 Å². The number of cyclic esters (lactones) is 2. The molecule has 5 nitrogen and oxygen atoms in total. The van der Waals surface area contributed by atoms with Crippen molar-refractivity contribution in [2.75, 3.05) is 7.11 Å². The molecule has 1 fully saturated rings. The van der Waals surface area contributed by atoms with Crippen molar-refractivity contribution in [2.45, 2.75) is 25.8 Å². The molecule has 1 aromatic carbocycles. The Labute approximate surface area is 143 Å². The van der Waals surface area contributed by atoms with E-state index in [-0.39, 0.29) is 10.0 Å². The van der Waals surface area contributed by atoms with Gasteiger partial charge in [0.2, 0.25) is 0 Å². The zero-order valence-corrected chi connectivity index (χ0v) is 14.4. The molecule has 0 aliphatic carbocycles. The van der Waals surface area contributed by atoms with Crippen LogP contribution in [-0.2, 0) is 25.2 Å². The number of methoxy groups -OCH3 is 1. The average Bonchev–Trinajstić information content (AvgIpc) is 2.40. The van der Waals surface area contributed by atoms with Gasteiger partial charge in [-0.15, -0.1) is 0 Å². The number of rotatable bonds is 2. The number of benzene rings is 1. The summed E-state index contributed by atoms with van der Waals surface area (Å²) in [4.78, 5) is 23.7. The molecule has 0 aromatic heterocycles. The topological polar surface area (TPSA) is 61.8 Å². The Balaban J connectivity index is 2.52. The summed E-state index contributed by atoms with van der Waals surface area (Å²) >= 11 is 2.98. The first-order valence-corrected chi connectivity index (χ1v) is 7.37. The molecule has 1 saturated heterocycles. The van der Waals surface area contributed by atoms with Crippen molar-refractivity contribution < 1.29 is 37.0 Å². The molecule has 1 aromatic rings. The summed E-state index contributed by atoms with van der Waals surface area (Å²) in [5.41, 5.74) is -1.60. The van der Waals surface area contributed by atoms with Crippen molar-refractivity contribution in [2.24, 2.45) is 0 Å². The Kier molecular flexibility index (Phi) is 4.67. The minimum Gasteiger partial charge on any atom is -0.495 e. The van der Waals surface area contributed by atoms with Gasteiger partial charge in [0, 0.05) is 13.8 Å². The van der Waals surface area contributed by atoms with E-state index in [0.717, 1.165) is 19.3 Å². The summed E-state index contributed by atoms with van der Waals surface area (Å²) in [6, 6.07) is 2.04. The summed E-state index contributed by atoms with van der Waals surface area (Å²) < 4.78 is 53.9. The minimum absolute atomic E-state index is 0.0181. The van der Waals surface area contributed by atoms with Crippen molar-refractivity contribution in [3.05, 3.63) is 33.3 Å². The number of halogens is 4. The standard InChI is InChI=1S/C15H12BrF3O5/c1-14(2)23-12(20)8(13(21)24-14)4-7-5-9(15(17,18)19)11(22-3)10(16)6-7/h4-6H,1-3H3. The van der Waals surface area contributed by atoms with Gasteiger partial charge < -0.3 is 14.2 Å². The molecular weight excluding hydrogens is 397 g/mol. The van der Waals surface area contributed by atoms with Crippen LogP contribution in [0.15, 0.2) is 22.2 Å². The predicted molar refractivity (Wildman–Crippen MR) is 79.9 cm³/mol. The quantitative estimate of drug-likeness (QED) is 0.424. The second-order valence-corrected chi connectivity index (χ2v) is 6.17. The van der Waals surface area contributed by atoms with Gasteiger partial charge in [-0.2, -0.15) is 13.2 Å². The summed E-state index contributed by atoms with van der Waals surface area (Å²) in [6.07, 6.45) is -3.71. The van der Waals surface area contributed by atoms with E-state index in [9.17, 15) is 22.8 Å². The molecule has 1 aliphatic rings. The average molecular weight is 409 g/mol. The highest BCUT2D eigenvalue weighted by Gasteiger charge is 2.39. The highest BCUT2D eigenvalue weighted by molar-refractivity contribution is 9.10. The number of esters is 2. The van der Waals surface area contributed by atoms with E-state index in [1.54, 1.807) is 0 Å². The lowest BCUT2D eigenvalue weighted by molar-refractivity contribution is -0.222. The largest absolute Gasteiger partial charge is 0.495 e. The van der Waals surface area contributed by atoms with Crippen molar-refractivity contribution in [1.29, 1.82) is 0 Å². The van der Waals surface area contributed by atoms with Gasteiger partial charge in [-0.05, 0) is 39.7 Å². The Bertz CT molecular complexity index is 715. The lowest BCUT2D eigenvalue weighted by Crippen LogP contribution is -2.41. The van der Waals surface area contributed by atoms with E-state index in [1.807, 2.05) is 0 Å². The molecule has 0 saturated carbocycles. The van der Waals surface area contributed by atoms with Crippen LogP contribution in [0.1, 0.15) is 25.0 Å². The molecule has 2 rings (SSSR count). The van der Waals surface area contributed by atoms with Gasteiger partial charge >= 0.3 is 18.1 Å². The Morgan fingerprint density at radius 2 is 1.71 bits per heavy atom. The van der Waals surface area contributed by atoms with Crippen molar-refractivity contribution in [3.8, 4) is 5.75 Å². The Morgan fingerprint density at radius 3 is 2.17 bits per heavy atom. The van der Waals surface area contributed by atoms with Crippen LogP contribution >= 0.6 is 15.9 Å². The van der Waals surface area contributed by atoms with Gasteiger partial charge in [-0.25, -0.2) is 9.59 Å². The molecule has 0 bridgehead atoms. The number of hydrogen-bond acceptors (Lipinski definition) is 5. The molecule has 9 heteroatoms. The highest BCUT2D eigenvalue weighted by Crippen LogP contribution is 2.41. The zero-order chi connectivity index (χ0) is 18.3. The monoisotopic (exact) mass is 408 g/mol. The normalized spacial score (nSPS) is 17.2. The summed E-state index contributed by atoms with van der Waals surface area (Å²) in [6.45, 7) is 2.73. The van der Waals surface area contributed by atoms with Crippen LogP contribution < -0.4 is 4.74 Å². The van der Waals surface area contributed by atoms with E-state index < -0.39 is 40.8 Å². The fraction of sp³-hybridized carbons (Fsp3) is 0.333. The van der Waals surface area contributed by atoms with Crippen LogP contribution in [0.3, 0.4) is 0 Å². The highest BCUT2D eigenvalue weighted by atomic mass is 79.9. The Morgan fingerprint density at radius 1 is 1.17 bits per heavy atom. The third kappa shape index (κ3) is 3.72. The maximum atomic E-state index is 13.1. The van der Waals surface area contributed by atoms with E-state index in [1.165, 1.54) is 19.9 Å². The van der Waals surface area contributed by atoms with Crippen molar-refractivity contribution >= 4 is 33.9 Å². The first-order valence-electron chi connectivity index (χ1n) is 6.58. The smallest absolute Gasteiger partial charge is 0.420 e. The van der Waals surface area contributed by atoms with Crippen LogP contribution in [0.2, 0.25) is 0 Å². The number of carbonyl (C=O) groups excluding carboxylic acids is 2. The third-order valence-electron chi connectivity index (χ3n) is 3.00. The molecule has 24 heavy (non-hydrogen) atoms. The molecule has 1 aliphatic heterocycles. The third-order valence-corrected chi connectivity index (χ3v) is 3.59. The first kappa shape index (κ1) is 18.3. The fourth-order valence-electron chi connectivity index (χ4n) is 2.06. The fourth-order valence-corrected chi connectivity index (χ4v) is 2.70. The second kappa shape index (κ2) is 6.12. The van der Waals surface area contributed by atoms with E-state index in [2.05, 4.69) is 15.9 Å². The molecule has 0 N–H and O–H groups in total. The number of hydrogen-bond donors (Lipinski definition) is 0. The van der Waals surface area contributed by atoms with Gasteiger partial charge in [0.15, 0.2) is 0 Å². The molecule has 0 spiro atoms. The van der Waals surface area contributed by atoms with Gasteiger partial charge in [-0.3, -0.25) is 0 Å². The maximum Gasteiger partial charge on any atom is 0.420 e. The molecule has 130 valence electrons. The van der Waals surface area contributed by atoms with Gasteiger partial charge in [0.05, 0.1) is 17.1 Å². The van der Waals surface area contributed by atoms with Gasteiger partial charge in [-0.1, -0.05) is 0 Å². The number of carbonyl (C=O) groups is 2. The van der Waals surface area contributed by atoms with Crippen LogP contribution in [0.25, 0.3) is 6.08 Å². The lowest BCUT2D eigenvalue weighted by Gasteiger charge is -2.29. The molecule has 1 heterocycles. The van der Waals surface area contributed by atoms with E-state index in [4.69, 9.17) is 14.2 Å². The Hall–Kier alpha value is -2.03. The van der Waals surface area contributed by atoms with Crippen LogP contribution in [0.5, 0.6) is 5.75 Å². The SMILES string of the molecule is COc1c(Br)cc(C=C2C(=O)OC(C)(C)OC2=O)cc1C(F)(F)F. The molecule has 0 atom stereocenters. The summed E-state index contributed by atoms with van der Waals surface area (Å²) in [5, 5.41) is 0. The second-order valence-electron chi connectivity index (χ2n) is 5.32.